The Labute approximate surface area is 165 Å². The summed E-state index contributed by atoms with van der Waals surface area (Å²) in [5, 5.41) is 3.61. The van der Waals surface area contributed by atoms with Gasteiger partial charge in [-0.15, -0.1) is 17.0 Å². The van der Waals surface area contributed by atoms with E-state index in [4.69, 9.17) is 18.9 Å². The molecule has 0 saturated heterocycles. The standard InChI is InChI=1S/C20H25NO4.BrH/c1-22-17-6-5-13(10-18(17)23-2)9-16-15-12-20(25-4)19(24-3)11-14(15)7-8-21-16;/h5-6,10-12,16,21H,7-9H2,1-4H3;1H. The summed E-state index contributed by atoms with van der Waals surface area (Å²) in [5.41, 5.74) is 3.76. The molecule has 26 heavy (non-hydrogen) atoms. The number of halogens is 1. The maximum Gasteiger partial charge on any atom is 0.161 e. The summed E-state index contributed by atoms with van der Waals surface area (Å²) in [7, 11) is 6.65. The zero-order chi connectivity index (χ0) is 17.8. The van der Waals surface area contributed by atoms with Gasteiger partial charge in [-0.1, -0.05) is 6.07 Å². The summed E-state index contributed by atoms with van der Waals surface area (Å²) in [5.74, 6) is 3.05. The molecule has 3 rings (SSSR count). The molecule has 0 aromatic heterocycles. The molecule has 0 fully saturated rings. The minimum absolute atomic E-state index is 0. The molecule has 6 heteroatoms. The van der Waals surface area contributed by atoms with Crippen molar-refractivity contribution in [3.05, 3.63) is 47.0 Å². The van der Waals surface area contributed by atoms with Crippen LogP contribution in [0.3, 0.4) is 0 Å². The van der Waals surface area contributed by atoms with E-state index in [2.05, 4.69) is 23.5 Å². The van der Waals surface area contributed by atoms with Crippen molar-refractivity contribution in [2.45, 2.75) is 18.9 Å². The smallest absolute Gasteiger partial charge is 0.161 e. The predicted molar refractivity (Wildman–Crippen MR) is 108 cm³/mol. The first kappa shape index (κ1) is 20.4. The van der Waals surface area contributed by atoms with Gasteiger partial charge in [-0.3, -0.25) is 0 Å². The lowest BCUT2D eigenvalue weighted by atomic mass is 9.89. The van der Waals surface area contributed by atoms with Gasteiger partial charge in [0.15, 0.2) is 23.0 Å². The van der Waals surface area contributed by atoms with Crippen molar-refractivity contribution >= 4 is 17.0 Å². The van der Waals surface area contributed by atoms with E-state index in [-0.39, 0.29) is 23.0 Å². The van der Waals surface area contributed by atoms with Crippen LogP contribution in [-0.4, -0.2) is 35.0 Å². The van der Waals surface area contributed by atoms with Gasteiger partial charge in [-0.25, -0.2) is 0 Å². The molecule has 0 saturated carbocycles. The summed E-state index contributed by atoms with van der Waals surface area (Å²) in [6.45, 7) is 0.945. The fraction of sp³-hybridized carbons (Fsp3) is 0.400. The normalized spacial score (nSPS) is 15.5. The first-order valence-corrected chi connectivity index (χ1v) is 8.39. The Morgan fingerprint density at radius 2 is 1.46 bits per heavy atom. The molecular formula is C20H26BrNO4. The Morgan fingerprint density at radius 3 is 2.12 bits per heavy atom. The Kier molecular flexibility index (Phi) is 7.17. The first-order chi connectivity index (χ1) is 12.2. The fourth-order valence-electron chi connectivity index (χ4n) is 3.39. The number of hydrogen-bond donors (Lipinski definition) is 1. The molecule has 0 radical (unpaired) electrons. The predicted octanol–water partition coefficient (Wildman–Crippen LogP) is 3.73. The van der Waals surface area contributed by atoms with Crippen LogP contribution in [-0.2, 0) is 12.8 Å². The quantitative estimate of drug-likeness (QED) is 0.766. The SMILES string of the molecule is Br.COc1ccc(CC2NCCc3cc(OC)c(OC)cc32)cc1OC. The molecule has 5 nitrogen and oxygen atoms in total. The molecule has 0 aliphatic carbocycles. The largest absolute Gasteiger partial charge is 0.493 e. The monoisotopic (exact) mass is 423 g/mol. The number of methoxy groups -OCH3 is 4. The van der Waals surface area contributed by atoms with Crippen LogP contribution in [0.4, 0.5) is 0 Å². The fourth-order valence-corrected chi connectivity index (χ4v) is 3.39. The van der Waals surface area contributed by atoms with Crippen molar-refractivity contribution < 1.29 is 18.9 Å². The van der Waals surface area contributed by atoms with Crippen molar-refractivity contribution in [2.24, 2.45) is 0 Å². The highest BCUT2D eigenvalue weighted by Gasteiger charge is 2.23. The maximum atomic E-state index is 5.48. The third kappa shape index (κ3) is 4.07. The average Bonchev–Trinajstić information content (AvgIpc) is 2.66. The molecule has 0 amide bonds. The van der Waals surface area contributed by atoms with Crippen molar-refractivity contribution in [2.75, 3.05) is 35.0 Å². The Hall–Kier alpha value is -1.92. The summed E-state index contributed by atoms with van der Waals surface area (Å²) in [4.78, 5) is 0. The van der Waals surface area contributed by atoms with Gasteiger partial charge in [0, 0.05) is 6.04 Å². The Balaban J connectivity index is 0.00000243. The highest BCUT2D eigenvalue weighted by atomic mass is 79.9. The van der Waals surface area contributed by atoms with Crippen molar-refractivity contribution in [3.63, 3.8) is 0 Å². The van der Waals surface area contributed by atoms with Crippen LogP contribution >= 0.6 is 17.0 Å². The van der Waals surface area contributed by atoms with Crippen molar-refractivity contribution in [1.82, 2.24) is 5.32 Å². The van der Waals surface area contributed by atoms with E-state index in [1.165, 1.54) is 16.7 Å². The number of rotatable bonds is 6. The van der Waals surface area contributed by atoms with Crippen LogP contribution in [0.5, 0.6) is 23.0 Å². The molecule has 2 aromatic rings. The van der Waals surface area contributed by atoms with Crippen molar-refractivity contribution in [1.29, 1.82) is 0 Å². The van der Waals surface area contributed by atoms with Gasteiger partial charge in [0.05, 0.1) is 28.4 Å². The van der Waals surface area contributed by atoms with Gasteiger partial charge < -0.3 is 24.3 Å². The molecule has 1 heterocycles. The van der Waals surface area contributed by atoms with Crippen LogP contribution in [0.25, 0.3) is 0 Å². The van der Waals surface area contributed by atoms with Gasteiger partial charge in [0.25, 0.3) is 0 Å². The molecule has 1 atom stereocenters. The van der Waals surface area contributed by atoms with Crippen LogP contribution in [0.15, 0.2) is 30.3 Å². The molecule has 1 aliphatic heterocycles. The summed E-state index contributed by atoms with van der Waals surface area (Å²) in [6, 6.07) is 10.5. The zero-order valence-corrected chi connectivity index (χ0v) is 17.3. The average molecular weight is 424 g/mol. The van der Waals surface area contributed by atoms with Gasteiger partial charge >= 0.3 is 0 Å². The van der Waals surface area contributed by atoms with E-state index < -0.39 is 0 Å². The lowest BCUT2D eigenvalue weighted by Gasteiger charge is -2.28. The van der Waals surface area contributed by atoms with E-state index in [0.717, 1.165) is 42.4 Å². The molecular weight excluding hydrogens is 398 g/mol. The van der Waals surface area contributed by atoms with Gasteiger partial charge in [0.1, 0.15) is 0 Å². The molecule has 142 valence electrons. The Bertz CT molecular complexity index is 751. The van der Waals surface area contributed by atoms with E-state index >= 15 is 0 Å². The second-order valence-electron chi connectivity index (χ2n) is 6.06. The maximum absolute atomic E-state index is 5.48. The summed E-state index contributed by atoms with van der Waals surface area (Å²) >= 11 is 0. The molecule has 1 unspecified atom stereocenters. The minimum atomic E-state index is 0. The lowest BCUT2D eigenvalue weighted by molar-refractivity contribution is 0.351. The molecule has 2 aromatic carbocycles. The zero-order valence-electron chi connectivity index (χ0n) is 15.6. The van der Waals surface area contributed by atoms with Crippen LogP contribution in [0, 0.1) is 0 Å². The van der Waals surface area contributed by atoms with Gasteiger partial charge in [-0.2, -0.15) is 0 Å². The first-order valence-electron chi connectivity index (χ1n) is 8.39. The van der Waals surface area contributed by atoms with E-state index in [1.807, 2.05) is 12.1 Å². The molecule has 1 aliphatic rings. The molecule has 1 N–H and O–H groups in total. The highest BCUT2D eigenvalue weighted by Crippen LogP contribution is 2.37. The van der Waals surface area contributed by atoms with Crippen LogP contribution in [0.2, 0.25) is 0 Å². The number of benzene rings is 2. The van der Waals surface area contributed by atoms with E-state index in [1.54, 1.807) is 28.4 Å². The van der Waals surface area contributed by atoms with Crippen LogP contribution in [0.1, 0.15) is 22.7 Å². The topological polar surface area (TPSA) is 49.0 Å². The summed E-state index contributed by atoms with van der Waals surface area (Å²) < 4.78 is 21.7. The second kappa shape index (κ2) is 9.14. The summed E-state index contributed by atoms with van der Waals surface area (Å²) in [6.07, 6.45) is 1.85. The second-order valence-corrected chi connectivity index (χ2v) is 6.06. The highest BCUT2D eigenvalue weighted by molar-refractivity contribution is 8.93. The van der Waals surface area contributed by atoms with Crippen molar-refractivity contribution in [3.8, 4) is 23.0 Å². The third-order valence-electron chi connectivity index (χ3n) is 4.69. The Morgan fingerprint density at radius 1 is 0.846 bits per heavy atom. The van der Waals surface area contributed by atoms with Gasteiger partial charge in [0.2, 0.25) is 0 Å². The number of fused-ring (bicyclic) bond motifs is 1. The number of hydrogen-bond acceptors (Lipinski definition) is 5. The minimum Gasteiger partial charge on any atom is -0.493 e. The van der Waals surface area contributed by atoms with Gasteiger partial charge in [-0.05, 0) is 60.3 Å². The number of nitrogens with one attached hydrogen (secondary N) is 1. The molecule has 0 bridgehead atoms. The van der Waals surface area contributed by atoms with E-state index in [0.29, 0.717) is 0 Å². The van der Waals surface area contributed by atoms with E-state index in [9.17, 15) is 0 Å². The molecule has 0 spiro atoms. The lowest BCUT2D eigenvalue weighted by Crippen LogP contribution is -2.31. The third-order valence-corrected chi connectivity index (χ3v) is 4.69. The van der Waals surface area contributed by atoms with Crippen LogP contribution < -0.4 is 24.3 Å². The number of ether oxygens (including phenoxy) is 4.